The third-order valence-corrected chi connectivity index (χ3v) is 3.29. The Bertz CT molecular complexity index is 588. The number of benzene rings is 1. The first-order chi connectivity index (χ1) is 10.6. The van der Waals surface area contributed by atoms with Crippen molar-refractivity contribution < 1.29 is 14.5 Å². The van der Waals surface area contributed by atoms with Gasteiger partial charge in [0.1, 0.15) is 11.3 Å². The maximum atomic E-state index is 11.4. The van der Waals surface area contributed by atoms with Crippen LogP contribution < -0.4 is 10.6 Å². The lowest BCUT2D eigenvalue weighted by atomic mass is 10.2. The molecule has 0 atom stereocenters. The van der Waals surface area contributed by atoms with Crippen LogP contribution >= 0.6 is 23.2 Å². The van der Waals surface area contributed by atoms with Crippen molar-refractivity contribution in [3.8, 4) is 0 Å². The fraction of sp³-hybridized carbons (Fsp3) is 0.500. The minimum absolute atomic E-state index is 0.121. The topological polar surface area (TPSA) is 93.5 Å². The molecule has 128 valence electrons. The van der Waals surface area contributed by atoms with E-state index in [-0.39, 0.29) is 21.4 Å². The molecule has 1 amide bonds. The second-order valence-corrected chi connectivity index (χ2v) is 6.56. The van der Waals surface area contributed by atoms with E-state index >= 15 is 0 Å². The average molecular weight is 364 g/mol. The number of nitrogens with one attached hydrogen (secondary N) is 2. The first kappa shape index (κ1) is 19.3. The Labute approximate surface area is 144 Å². The van der Waals surface area contributed by atoms with Crippen LogP contribution in [0.25, 0.3) is 0 Å². The number of nitro benzene ring substituents is 1. The van der Waals surface area contributed by atoms with Crippen molar-refractivity contribution in [3.63, 3.8) is 0 Å². The number of carbonyl (C=O) groups is 1. The molecule has 0 aliphatic heterocycles. The van der Waals surface area contributed by atoms with Crippen molar-refractivity contribution in [2.45, 2.75) is 32.8 Å². The van der Waals surface area contributed by atoms with Gasteiger partial charge in [-0.1, -0.05) is 23.2 Å². The molecule has 0 saturated carbocycles. The largest absolute Gasteiger partial charge is 0.444 e. The van der Waals surface area contributed by atoms with Gasteiger partial charge in [-0.05, 0) is 33.3 Å². The predicted octanol–water partition coefficient (Wildman–Crippen LogP) is 4.23. The fourth-order valence-electron chi connectivity index (χ4n) is 1.65. The zero-order chi connectivity index (χ0) is 17.6. The molecule has 0 aliphatic carbocycles. The zero-order valence-electron chi connectivity index (χ0n) is 13.1. The minimum atomic E-state index is -0.553. The summed E-state index contributed by atoms with van der Waals surface area (Å²) in [7, 11) is 0. The van der Waals surface area contributed by atoms with Crippen LogP contribution in [0.2, 0.25) is 10.0 Å². The van der Waals surface area contributed by atoms with Gasteiger partial charge >= 0.3 is 6.09 Å². The molecular weight excluding hydrogens is 345 g/mol. The standard InChI is InChI=1S/C14H19Cl2N3O4/c1-14(2,3)23-13(20)18-6-4-5-17-11-7-9(15)10(16)8-12(11)19(21)22/h7-8,17H,4-6H2,1-3H3,(H,18,20). The molecule has 0 spiro atoms. The van der Waals surface area contributed by atoms with E-state index in [0.717, 1.165) is 0 Å². The van der Waals surface area contributed by atoms with Crippen LogP contribution in [-0.2, 0) is 4.74 Å². The van der Waals surface area contributed by atoms with Gasteiger partial charge < -0.3 is 15.4 Å². The molecular formula is C14H19Cl2N3O4. The summed E-state index contributed by atoms with van der Waals surface area (Å²) in [6.45, 7) is 6.11. The molecule has 0 bridgehead atoms. The van der Waals surface area contributed by atoms with Gasteiger partial charge in [-0.15, -0.1) is 0 Å². The van der Waals surface area contributed by atoms with E-state index in [0.29, 0.717) is 19.5 Å². The summed E-state index contributed by atoms with van der Waals surface area (Å²) in [5.41, 5.74) is -0.426. The highest BCUT2D eigenvalue weighted by Gasteiger charge is 2.17. The number of halogens is 2. The number of nitrogens with zero attached hydrogens (tertiary/aromatic N) is 1. The van der Waals surface area contributed by atoms with Crippen LogP contribution in [0.15, 0.2) is 12.1 Å². The maximum Gasteiger partial charge on any atom is 0.407 e. The molecule has 9 heteroatoms. The van der Waals surface area contributed by atoms with Crippen molar-refractivity contribution in [2.75, 3.05) is 18.4 Å². The zero-order valence-corrected chi connectivity index (χ0v) is 14.6. The van der Waals surface area contributed by atoms with Crippen molar-refractivity contribution >= 4 is 40.7 Å². The molecule has 23 heavy (non-hydrogen) atoms. The molecule has 0 unspecified atom stereocenters. The lowest BCUT2D eigenvalue weighted by Gasteiger charge is -2.19. The average Bonchev–Trinajstić information content (AvgIpc) is 2.39. The maximum absolute atomic E-state index is 11.4. The van der Waals surface area contributed by atoms with Gasteiger partial charge in [0.25, 0.3) is 5.69 Å². The number of hydrogen-bond acceptors (Lipinski definition) is 5. The predicted molar refractivity (Wildman–Crippen MR) is 90.5 cm³/mol. The molecule has 1 aromatic carbocycles. The summed E-state index contributed by atoms with van der Waals surface area (Å²) in [4.78, 5) is 21.9. The van der Waals surface area contributed by atoms with E-state index in [9.17, 15) is 14.9 Å². The lowest BCUT2D eigenvalue weighted by Crippen LogP contribution is -2.33. The minimum Gasteiger partial charge on any atom is -0.444 e. The summed E-state index contributed by atoms with van der Waals surface area (Å²) in [6, 6.07) is 2.61. The Morgan fingerprint density at radius 1 is 1.26 bits per heavy atom. The van der Waals surface area contributed by atoms with Crippen LogP contribution in [0.4, 0.5) is 16.2 Å². The first-order valence-electron chi connectivity index (χ1n) is 6.94. The molecule has 0 aliphatic rings. The molecule has 1 rings (SSSR count). The molecule has 2 N–H and O–H groups in total. The quantitative estimate of drug-likeness (QED) is 0.448. The highest BCUT2D eigenvalue weighted by atomic mass is 35.5. The van der Waals surface area contributed by atoms with Gasteiger partial charge in [-0.3, -0.25) is 10.1 Å². The van der Waals surface area contributed by atoms with Gasteiger partial charge in [0.05, 0.1) is 15.0 Å². The van der Waals surface area contributed by atoms with E-state index in [4.69, 9.17) is 27.9 Å². The Balaban J connectivity index is 2.46. The van der Waals surface area contributed by atoms with Crippen LogP contribution in [0.1, 0.15) is 27.2 Å². The van der Waals surface area contributed by atoms with E-state index in [1.54, 1.807) is 20.8 Å². The van der Waals surface area contributed by atoms with Crippen molar-refractivity contribution in [2.24, 2.45) is 0 Å². The van der Waals surface area contributed by atoms with E-state index in [1.165, 1.54) is 12.1 Å². The van der Waals surface area contributed by atoms with Gasteiger partial charge in [0.15, 0.2) is 0 Å². The van der Waals surface area contributed by atoms with Crippen molar-refractivity contribution in [1.82, 2.24) is 5.32 Å². The summed E-state index contributed by atoms with van der Waals surface area (Å²) < 4.78 is 5.09. The molecule has 1 aromatic rings. The number of alkyl carbamates (subject to hydrolysis) is 1. The van der Waals surface area contributed by atoms with Crippen LogP contribution in [0.5, 0.6) is 0 Å². The summed E-state index contributed by atoms with van der Waals surface area (Å²) in [5.74, 6) is 0. The Kier molecular flexibility index (Phi) is 6.90. The highest BCUT2D eigenvalue weighted by Crippen LogP contribution is 2.33. The number of nitro groups is 1. The van der Waals surface area contributed by atoms with Gasteiger partial charge in [-0.25, -0.2) is 4.79 Å². The van der Waals surface area contributed by atoms with Crippen LogP contribution in [0.3, 0.4) is 0 Å². The Morgan fingerprint density at radius 3 is 2.43 bits per heavy atom. The van der Waals surface area contributed by atoms with Crippen LogP contribution in [0, 0.1) is 10.1 Å². The second-order valence-electron chi connectivity index (χ2n) is 5.75. The molecule has 0 fully saturated rings. The van der Waals surface area contributed by atoms with Crippen LogP contribution in [-0.4, -0.2) is 29.7 Å². The highest BCUT2D eigenvalue weighted by molar-refractivity contribution is 6.42. The van der Waals surface area contributed by atoms with Crippen molar-refractivity contribution in [1.29, 1.82) is 0 Å². The van der Waals surface area contributed by atoms with E-state index in [1.807, 2.05) is 0 Å². The van der Waals surface area contributed by atoms with Gasteiger partial charge in [-0.2, -0.15) is 0 Å². The summed E-state index contributed by atoms with van der Waals surface area (Å²) in [5, 5.41) is 16.8. The Hall–Kier alpha value is -1.73. The monoisotopic (exact) mass is 363 g/mol. The Morgan fingerprint density at radius 2 is 1.87 bits per heavy atom. The number of rotatable bonds is 6. The molecule has 0 saturated heterocycles. The summed E-state index contributed by atoms with van der Waals surface area (Å²) in [6.07, 6.45) is 0.0504. The number of carbonyl (C=O) groups excluding carboxylic acids is 1. The van der Waals surface area contributed by atoms with E-state index in [2.05, 4.69) is 10.6 Å². The lowest BCUT2D eigenvalue weighted by molar-refractivity contribution is -0.383. The second kappa shape index (κ2) is 8.21. The number of amides is 1. The molecule has 0 radical (unpaired) electrons. The number of hydrogen-bond donors (Lipinski definition) is 2. The molecule has 7 nitrogen and oxygen atoms in total. The molecule has 0 heterocycles. The third kappa shape index (κ3) is 6.92. The van der Waals surface area contributed by atoms with Gasteiger partial charge in [0.2, 0.25) is 0 Å². The number of anilines is 1. The first-order valence-corrected chi connectivity index (χ1v) is 7.70. The fourth-order valence-corrected chi connectivity index (χ4v) is 1.97. The summed E-state index contributed by atoms with van der Waals surface area (Å²) >= 11 is 11.6. The molecule has 0 aromatic heterocycles. The number of ether oxygens (including phenoxy) is 1. The van der Waals surface area contributed by atoms with E-state index < -0.39 is 16.6 Å². The van der Waals surface area contributed by atoms with Gasteiger partial charge in [0, 0.05) is 19.2 Å². The third-order valence-electron chi connectivity index (χ3n) is 2.57. The normalized spacial score (nSPS) is 11.0. The SMILES string of the molecule is CC(C)(C)OC(=O)NCCCNc1cc(Cl)c(Cl)cc1[N+](=O)[O-]. The van der Waals surface area contributed by atoms with Crippen molar-refractivity contribution in [3.05, 3.63) is 32.3 Å². The smallest absolute Gasteiger partial charge is 0.407 e.